The van der Waals surface area contributed by atoms with Crippen molar-refractivity contribution in [3.63, 3.8) is 0 Å². The fourth-order valence-electron chi connectivity index (χ4n) is 3.86. The lowest BCUT2D eigenvalue weighted by Crippen LogP contribution is -2.66. The highest BCUT2D eigenvalue weighted by molar-refractivity contribution is 5.74. The summed E-state index contributed by atoms with van der Waals surface area (Å²) in [5.41, 5.74) is -1.33. The lowest BCUT2D eigenvalue weighted by atomic mass is 9.58. The molecule has 1 aliphatic heterocycles. The van der Waals surface area contributed by atoms with Crippen LogP contribution in [-0.4, -0.2) is 28.9 Å². The van der Waals surface area contributed by atoms with Gasteiger partial charge in [0.05, 0.1) is 5.92 Å². The Bertz CT molecular complexity index is 407. The minimum atomic E-state index is -1.33. The minimum absolute atomic E-state index is 0.152. The normalized spacial score (nSPS) is 44.5. The second kappa shape index (κ2) is 5.35. The molecule has 1 saturated heterocycles. The molecule has 0 spiro atoms. The van der Waals surface area contributed by atoms with Crippen LogP contribution in [0.3, 0.4) is 0 Å². The number of esters is 2. The van der Waals surface area contributed by atoms with E-state index in [9.17, 15) is 14.7 Å². The third kappa shape index (κ3) is 2.22. The van der Waals surface area contributed by atoms with Gasteiger partial charge in [-0.25, -0.2) is 0 Å². The van der Waals surface area contributed by atoms with Crippen LogP contribution in [0.25, 0.3) is 0 Å². The number of aliphatic hydroxyl groups is 1. The molecular weight excluding hydrogens is 260 g/mol. The number of carbonyl (C=O) groups is 2. The molecular formula is C15H23O5. The van der Waals surface area contributed by atoms with E-state index in [-0.39, 0.29) is 17.8 Å². The molecule has 0 bridgehead atoms. The molecule has 1 heterocycles. The quantitative estimate of drug-likeness (QED) is 0.781. The van der Waals surface area contributed by atoms with E-state index < -0.39 is 29.7 Å². The molecule has 1 aliphatic carbocycles. The van der Waals surface area contributed by atoms with Gasteiger partial charge in [-0.15, -0.1) is 0 Å². The van der Waals surface area contributed by atoms with Crippen molar-refractivity contribution in [1.82, 2.24) is 0 Å². The number of fused-ring (bicyclic) bond motifs is 1. The molecule has 5 heteroatoms. The second-order valence-electron chi connectivity index (χ2n) is 6.11. The molecule has 0 amide bonds. The van der Waals surface area contributed by atoms with Crippen LogP contribution in [0.1, 0.15) is 40.0 Å². The Kier molecular flexibility index (Phi) is 4.09. The Morgan fingerprint density at radius 3 is 2.70 bits per heavy atom. The molecule has 0 aromatic rings. The summed E-state index contributed by atoms with van der Waals surface area (Å²) in [6.07, 6.45) is 0.943. The third-order valence-electron chi connectivity index (χ3n) is 4.97. The second-order valence-corrected chi connectivity index (χ2v) is 6.11. The number of carbonyl (C=O) groups excluding carboxylic acids is 2. The zero-order valence-electron chi connectivity index (χ0n) is 12.3. The fraction of sp³-hybridized carbons (Fsp3) is 0.800. The van der Waals surface area contributed by atoms with Crippen molar-refractivity contribution in [3.05, 3.63) is 6.92 Å². The molecule has 5 nitrogen and oxygen atoms in total. The van der Waals surface area contributed by atoms with E-state index in [2.05, 4.69) is 13.8 Å². The van der Waals surface area contributed by atoms with Crippen LogP contribution in [0.5, 0.6) is 0 Å². The summed E-state index contributed by atoms with van der Waals surface area (Å²) >= 11 is 0. The van der Waals surface area contributed by atoms with Crippen molar-refractivity contribution < 1.29 is 24.2 Å². The number of cyclic esters (lactones) is 1. The minimum Gasteiger partial charge on any atom is -0.422 e. The number of ether oxygens (including phenoxy) is 2. The molecule has 6 atom stereocenters. The van der Waals surface area contributed by atoms with E-state index in [0.717, 1.165) is 12.8 Å². The molecule has 0 aromatic heterocycles. The first-order chi connectivity index (χ1) is 9.32. The molecule has 1 N–H and O–H groups in total. The molecule has 0 unspecified atom stereocenters. The van der Waals surface area contributed by atoms with Crippen molar-refractivity contribution in [2.75, 3.05) is 0 Å². The lowest BCUT2D eigenvalue weighted by Gasteiger charge is -2.54. The van der Waals surface area contributed by atoms with Gasteiger partial charge in [0.25, 0.3) is 6.29 Å². The van der Waals surface area contributed by atoms with Gasteiger partial charge < -0.3 is 14.6 Å². The van der Waals surface area contributed by atoms with Crippen LogP contribution in [0.4, 0.5) is 0 Å². The van der Waals surface area contributed by atoms with Gasteiger partial charge in [-0.1, -0.05) is 20.8 Å². The highest BCUT2D eigenvalue weighted by Gasteiger charge is 2.62. The first kappa shape index (κ1) is 15.3. The predicted molar refractivity (Wildman–Crippen MR) is 71.1 cm³/mol. The Hall–Kier alpha value is -1.10. The third-order valence-corrected chi connectivity index (χ3v) is 4.97. The predicted octanol–water partition coefficient (Wildman–Crippen LogP) is 1.69. The summed E-state index contributed by atoms with van der Waals surface area (Å²) in [5, 5.41) is 11.2. The Balaban J connectivity index is 2.41. The van der Waals surface area contributed by atoms with Crippen molar-refractivity contribution in [3.8, 4) is 0 Å². The van der Waals surface area contributed by atoms with E-state index in [1.807, 2.05) is 0 Å². The van der Waals surface area contributed by atoms with Gasteiger partial charge in [-0.3, -0.25) is 9.59 Å². The Morgan fingerprint density at radius 1 is 1.50 bits per heavy atom. The van der Waals surface area contributed by atoms with Crippen LogP contribution >= 0.6 is 0 Å². The van der Waals surface area contributed by atoms with Crippen molar-refractivity contribution >= 4 is 11.9 Å². The number of hydrogen-bond donors (Lipinski definition) is 1. The maximum Gasteiger partial charge on any atom is 0.312 e. The molecule has 0 aromatic carbocycles. The average molecular weight is 283 g/mol. The largest absolute Gasteiger partial charge is 0.422 e. The molecule has 20 heavy (non-hydrogen) atoms. The van der Waals surface area contributed by atoms with Crippen molar-refractivity contribution in [1.29, 1.82) is 0 Å². The zero-order valence-corrected chi connectivity index (χ0v) is 12.3. The molecule has 2 aliphatic rings. The van der Waals surface area contributed by atoms with Crippen LogP contribution in [0, 0.1) is 30.6 Å². The topological polar surface area (TPSA) is 72.8 Å². The summed E-state index contributed by atoms with van der Waals surface area (Å²) in [5.74, 6) is -1.53. The van der Waals surface area contributed by atoms with Crippen LogP contribution in [0.2, 0.25) is 0 Å². The van der Waals surface area contributed by atoms with Crippen molar-refractivity contribution in [2.45, 2.75) is 51.9 Å². The first-order valence-corrected chi connectivity index (χ1v) is 7.21. The zero-order chi connectivity index (χ0) is 15.1. The van der Waals surface area contributed by atoms with Crippen LogP contribution < -0.4 is 0 Å². The van der Waals surface area contributed by atoms with Gasteiger partial charge in [0.1, 0.15) is 5.60 Å². The smallest absolute Gasteiger partial charge is 0.312 e. The summed E-state index contributed by atoms with van der Waals surface area (Å²) in [6, 6.07) is 0. The van der Waals surface area contributed by atoms with Gasteiger partial charge in [0, 0.05) is 12.8 Å². The lowest BCUT2D eigenvalue weighted by molar-refractivity contribution is -0.296. The monoisotopic (exact) mass is 283 g/mol. The van der Waals surface area contributed by atoms with Crippen LogP contribution in [0.15, 0.2) is 0 Å². The number of hydrogen-bond acceptors (Lipinski definition) is 5. The van der Waals surface area contributed by atoms with E-state index in [1.165, 1.54) is 6.92 Å². The van der Waals surface area contributed by atoms with Gasteiger partial charge in [-0.05, 0) is 31.1 Å². The molecule has 113 valence electrons. The number of rotatable bonds is 2. The van der Waals surface area contributed by atoms with E-state index in [4.69, 9.17) is 9.47 Å². The summed E-state index contributed by atoms with van der Waals surface area (Å²) < 4.78 is 10.3. The molecule has 1 saturated carbocycles. The molecule has 1 radical (unpaired) electrons. The van der Waals surface area contributed by atoms with E-state index in [0.29, 0.717) is 6.42 Å². The maximum atomic E-state index is 11.9. The first-order valence-electron chi connectivity index (χ1n) is 7.21. The fourth-order valence-corrected chi connectivity index (χ4v) is 3.86. The van der Waals surface area contributed by atoms with Gasteiger partial charge >= 0.3 is 11.9 Å². The highest BCUT2D eigenvalue weighted by atomic mass is 16.7. The summed E-state index contributed by atoms with van der Waals surface area (Å²) in [6.45, 7) is 8.97. The Labute approximate surface area is 119 Å². The van der Waals surface area contributed by atoms with Crippen LogP contribution in [-0.2, 0) is 19.1 Å². The molecule has 2 rings (SSSR count). The standard InChI is InChI=1S/C15H23O5/c1-5-11-8(2)6-7-12-9(3)13(17)20-14(15(11,12)18)19-10(4)16/h8-9,11-12,14,18H,1,5-7H2,2-4H3/t8-,9-,11+,12+,14+,15-/m1/s1. The van der Waals surface area contributed by atoms with E-state index >= 15 is 0 Å². The summed E-state index contributed by atoms with van der Waals surface area (Å²) in [7, 11) is 0. The summed E-state index contributed by atoms with van der Waals surface area (Å²) in [4.78, 5) is 23.2. The van der Waals surface area contributed by atoms with Gasteiger partial charge in [0.15, 0.2) is 0 Å². The Morgan fingerprint density at radius 2 is 2.15 bits per heavy atom. The van der Waals surface area contributed by atoms with Gasteiger partial charge in [-0.2, -0.15) is 0 Å². The van der Waals surface area contributed by atoms with Crippen molar-refractivity contribution in [2.24, 2.45) is 23.7 Å². The average Bonchev–Trinajstić information content (AvgIpc) is 2.35. The highest BCUT2D eigenvalue weighted by Crippen LogP contribution is 2.51. The van der Waals surface area contributed by atoms with E-state index in [1.54, 1.807) is 6.92 Å². The maximum absolute atomic E-state index is 11.9. The van der Waals surface area contributed by atoms with Gasteiger partial charge in [0.2, 0.25) is 0 Å². The molecule has 2 fully saturated rings. The SMILES string of the molecule is [CH2]C[C@H]1[C@H](C)CC[C@H]2[C@@H](C)C(=O)O[C@H](OC(C)=O)[C@@]12O.